The quantitative estimate of drug-likeness (QED) is 0.188. The van der Waals surface area contributed by atoms with Crippen LogP contribution >= 0.6 is 22.6 Å². The van der Waals surface area contributed by atoms with Crippen molar-refractivity contribution >= 4 is 63.2 Å². The molecule has 0 bridgehead atoms. The monoisotopic (exact) mass is 707 g/mol. The van der Waals surface area contributed by atoms with Gasteiger partial charge in [-0.2, -0.15) is 0 Å². The molecule has 6 atom stereocenters. The molecule has 0 radical (unpaired) electrons. The number of ether oxygens (including phenoxy) is 1. The number of phenolic OH excluding ortho intramolecular Hbond substituents is 1. The fourth-order valence-corrected chi connectivity index (χ4v) is 7.39. The molecule has 2 aromatic rings. The van der Waals surface area contributed by atoms with Crippen molar-refractivity contribution in [2.45, 2.75) is 24.5 Å². The summed E-state index contributed by atoms with van der Waals surface area (Å²) < 4.78 is 18.9. The molecular weight excluding hydrogens is 680 g/mol. The van der Waals surface area contributed by atoms with Crippen LogP contribution in [-0.4, -0.2) is 82.4 Å². The lowest BCUT2D eigenvalue weighted by molar-refractivity contribution is -0.181. The lowest BCUT2D eigenvalue weighted by Crippen LogP contribution is -2.74. The fourth-order valence-electron chi connectivity index (χ4n) is 6.59. The Bertz CT molecular complexity index is 1590. The molecule has 5 rings (SSSR count). The zero-order chi connectivity index (χ0) is 31.5. The molecule has 0 aliphatic heterocycles. The van der Waals surface area contributed by atoms with E-state index in [1.54, 1.807) is 0 Å². The number of phenols is 1. The van der Waals surface area contributed by atoms with Crippen LogP contribution in [-0.2, 0) is 30.4 Å². The maximum absolute atomic E-state index is 13.9. The van der Waals surface area contributed by atoms with Gasteiger partial charge in [0.1, 0.15) is 17.3 Å². The number of halogens is 2. The average molecular weight is 707 g/mol. The van der Waals surface area contributed by atoms with E-state index in [2.05, 4.69) is 5.32 Å². The third-order valence-electron chi connectivity index (χ3n) is 8.46. The molecule has 12 nitrogen and oxygen atoms in total. The summed E-state index contributed by atoms with van der Waals surface area (Å²) in [5, 5.41) is 25.2. The number of aromatic hydroxyl groups is 1. The number of amides is 2. The van der Waals surface area contributed by atoms with E-state index >= 15 is 0 Å². The molecule has 0 aromatic heterocycles. The molecule has 2 aromatic carbocycles. The molecule has 226 valence electrons. The molecule has 0 spiro atoms. The summed E-state index contributed by atoms with van der Waals surface area (Å²) in [5.41, 5.74) is 2.53. The van der Waals surface area contributed by atoms with Crippen LogP contribution < -0.4 is 15.8 Å². The number of Topliss-reactive ketones (excluding diaryl/α,β-unsaturated/α-hetero) is 4. The van der Waals surface area contributed by atoms with E-state index in [4.69, 9.17) is 10.5 Å². The van der Waals surface area contributed by atoms with E-state index < -0.39 is 88.4 Å². The van der Waals surface area contributed by atoms with Crippen LogP contribution in [0.4, 0.5) is 10.1 Å². The van der Waals surface area contributed by atoms with Crippen molar-refractivity contribution in [3.8, 4) is 11.5 Å². The zero-order valence-corrected chi connectivity index (χ0v) is 25.1. The third-order valence-corrected chi connectivity index (χ3v) is 9.43. The van der Waals surface area contributed by atoms with Crippen molar-refractivity contribution < 1.29 is 48.1 Å². The Hall–Kier alpha value is -3.76. The highest BCUT2D eigenvalue weighted by atomic mass is 127. The summed E-state index contributed by atoms with van der Waals surface area (Å²) >= 11 is 1.93. The average Bonchev–Trinajstić information content (AvgIpc) is 2.92. The van der Waals surface area contributed by atoms with Crippen molar-refractivity contribution in [1.29, 1.82) is 0 Å². The predicted octanol–water partition coefficient (Wildman–Crippen LogP) is 0.628. The number of rotatable bonds is 6. The van der Waals surface area contributed by atoms with E-state index in [0.717, 1.165) is 12.1 Å². The number of carbonyl (C=O) groups is 6. The van der Waals surface area contributed by atoms with Crippen LogP contribution in [0, 0.1) is 33.1 Å². The number of aliphatic hydroxyl groups is 1. The van der Waals surface area contributed by atoms with Gasteiger partial charge in [0.05, 0.1) is 23.2 Å². The van der Waals surface area contributed by atoms with Gasteiger partial charge in [0, 0.05) is 9.49 Å². The van der Waals surface area contributed by atoms with Gasteiger partial charge < -0.3 is 26.0 Å². The summed E-state index contributed by atoms with van der Waals surface area (Å²) in [5.74, 6) is -12.6. The highest BCUT2D eigenvalue weighted by Crippen LogP contribution is 2.52. The minimum Gasteiger partial charge on any atom is -0.505 e. The van der Waals surface area contributed by atoms with Crippen molar-refractivity contribution in [3.05, 3.63) is 50.8 Å². The van der Waals surface area contributed by atoms with Crippen molar-refractivity contribution in [2.24, 2.45) is 29.4 Å². The van der Waals surface area contributed by atoms with E-state index in [1.165, 1.54) is 37.2 Å². The number of benzene rings is 2. The molecule has 2 amide bonds. The number of nitrogens with two attached hydrogens (primary N) is 1. The summed E-state index contributed by atoms with van der Waals surface area (Å²) in [7, 11) is 3.02. The number of fused-ring (bicyclic) bond motifs is 3. The zero-order valence-electron chi connectivity index (χ0n) is 22.9. The molecule has 2 fully saturated rings. The van der Waals surface area contributed by atoms with Gasteiger partial charge in [0.2, 0.25) is 5.91 Å². The second kappa shape index (κ2) is 11.1. The molecule has 4 unspecified atom stereocenters. The van der Waals surface area contributed by atoms with Crippen LogP contribution in [0.1, 0.15) is 22.3 Å². The van der Waals surface area contributed by atoms with Gasteiger partial charge in [-0.3, -0.25) is 33.7 Å². The maximum Gasteiger partial charge on any atom is 0.262 e. The Labute approximate surface area is 257 Å². The summed E-state index contributed by atoms with van der Waals surface area (Å²) in [6, 6.07) is 5.23. The third kappa shape index (κ3) is 4.90. The topological polar surface area (TPSA) is 193 Å². The van der Waals surface area contributed by atoms with E-state index in [0.29, 0.717) is 9.13 Å². The van der Waals surface area contributed by atoms with Gasteiger partial charge in [-0.15, -0.1) is 0 Å². The molecule has 0 heterocycles. The number of hydrogen-bond acceptors (Lipinski definition) is 10. The summed E-state index contributed by atoms with van der Waals surface area (Å²) in [4.78, 5) is 80.4. The lowest BCUT2D eigenvalue weighted by atomic mass is 9.52. The molecule has 2 saturated carbocycles. The molecule has 3 aliphatic rings. The number of likely N-dealkylation sites (N-methyl/N-ethyl adjacent to an activating group) is 1. The highest BCUT2D eigenvalue weighted by molar-refractivity contribution is 14.1. The number of nitrogens with one attached hydrogen (secondary N) is 1. The Morgan fingerprint density at radius 1 is 1.16 bits per heavy atom. The van der Waals surface area contributed by atoms with Gasteiger partial charge >= 0.3 is 0 Å². The van der Waals surface area contributed by atoms with Crippen molar-refractivity contribution in [2.75, 3.05) is 26.0 Å². The summed E-state index contributed by atoms with van der Waals surface area (Å²) in [6.07, 6.45) is 0.0273. The first kappa shape index (κ1) is 30.7. The lowest BCUT2D eigenvalue weighted by Gasteiger charge is -2.52. The van der Waals surface area contributed by atoms with Gasteiger partial charge in [-0.25, -0.2) is 4.39 Å². The van der Waals surface area contributed by atoms with Crippen molar-refractivity contribution in [1.82, 2.24) is 4.90 Å². The Morgan fingerprint density at radius 2 is 1.81 bits per heavy atom. The van der Waals surface area contributed by atoms with Gasteiger partial charge in [0.15, 0.2) is 41.3 Å². The molecule has 43 heavy (non-hydrogen) atoms. The molecule has 0 saturated heterocycles. The normalized spacial score (nSPS) is 28.2. The number of primary amides is 1. The fraction of sp³-hybridized carbons (Fsp3) is 0.379. The number of nitrogens with zero attached hydrogens (tertiary/aromatic N) is 1. The number of anilines is 1. The first-order valence-electron chi connectivity index (χ1n) is 13.3. The SMILES string of the molecule is CN(C)[C@@H]1C(=O)C(C(N)=O)C(=O)[C@@]2(O)C(=O)C3C(=O)c4c(O)c(NC(=O)COc5ccc(F)cc5)cc(I)c4CC3CC12. The number of ketones is 4. The second-order valence-corrected chi connectivity index (χ2v) is 12.4. The maximum atomic E-state index is 13.9. The van der Waals surface area contributed by atoms with E-state index in [-0.39, 0.29) is 29.8 Å². The van der Waals surface area contributed by atoms with Crippen LogP contribution in [0.15, 0.2) is 30.3 Å². The van der Waals surface area contributed by atoms with Crippen LogP contribution in [0.5, 0.6) is 11.5 Å². The van der Waals surface area contributed by atoms with Crippen LogP contribution in [0.3, 0.4) is 0 Å². The van der Waals surface area contributed by atoms with Gasteiger partial charge in [-0.05, 0) is 91.3 Å². The standard InChI is InChI=1S/C29H27FIN3O9/c1-34(2)22-15-8-11-7-14-16(31)9-17(33-18(35)10-43-13-5-3-12(30)4-6-13)23(36)20(14)24(37)19(11)26(39)29(15,42)27(40)21(25(22)38)28(32)41/h3-6,9,11,15,19,21-22,36,42H,7-8,10H2,1-2H3,(H2,32,41)(H,33,35)/t11?,15?,19?,21?,22-,29-/m0/s1. The molecule has 3 aliphatic carbocycles. The molecule has 14 heteroatoms. The number of carbonyl (C=O) groups excluding carboxylic acids is 6. The highest BCUT2D eigenvalue weighted by Gasteiger charge is 2.69. The first-order valence-corrected chi connectivity index (χ1v) is 14.3. The van der Waals surface area contributed by atoms with E-state index in [1.807, 2.05) is 22.6 Å². The predicted molar refractivity (Wildman–Crippen MR) is 155 cm³/mol. The largest absolute Gasteiger partial charge is 0.505 e. The van der Waals surface area contributed by atoms with Gasteiger partial charge in [0.25, 0.3) is 5.91 Å². The van der Waals surface area contributed by atoms with Gasteiger partial charge in [-0.1, -0.05) is 0 Å². The Kier molecular flexibility index (Phi) is 7.89. The Balaban J connectivity index is 1.47. The smallest absolute Gasteiger partial charge is 0.262 e. The van der Waals surface area contributed by atoms with Crippen LogP contribution in [0.25, 0.3) is 0 Å². The minimum atomic E-state index is -2.83. The molecule has 5 N–H and O–H groups in total. The van der Waals surface area contributed by atoms with Crippen LogP contribution in [0.2, 0.25) is 0 Å². The second-order valence-electron chi connectivity index (χ2n) is 11.2. The molecular formula is C29H27FIN3O9. The van der Waals surface area contributed by atoms with E-state index in [9.17, 15) is 43.4 Å². The number of hydrogen-bond donors (Lipinski definition) is 4. The summed E-state index contributed by atoms with van der Waals surface area (Å²) in [6.45, 7) is -0.501. The van der Waals surface area contributed by atoms with Crippen molar-refractivity contribution in [3.63, 3.8) is 0 Å². The Morgan fingerprint density at radius 3 is 2.42 bits per heavy atom. The first-order chi connectivity index (χ1) is 20.2. The minimum absolute atomic E-state index is 0.0695.